The Morgan fingerprint density at radius 1 is 1.12 bits per heavy atom. The van der Waals surface area contributed by atoms with E-state index in [1.165, 1.54) is 32.1 Å². The van der Waals surface area contributed by atoms with Crippen molar-refractivity contribution in [3.63, 3.8) is 0 Å². The summed E-state index contributed by atoms with van der Waals surface area (Å²) in [6.07, 6.45) is 6.89. The highest BCUT2D eigenvalue weighted by molar-refractivity contribution is 4.86. The number of rotatable bonds is 7. The largest absolute Gasteiger partial charge is 0.378 e. The number of hydrogen-bond acceptors (Lipinski definition) is 2. The lowest BCUT2D eigenvalue weighted by atomic mass is 9.88. The van der Waals surface area contributed by atoms with Gasteiger partial charge in [-0.1, -0.05) is 40.5 Å². The van der Waals surface area contributed by atoms with Crippen molar-refractivity contribution in [1.29, 1.82) is 0 Å². The van der Waals surface area contributed by atoms with Crippen LogP contribution in [0.4, 0.5) is 0 Å². The lowest BCUT2D eigenvalue weighted by Gasteiger charge is -2.40. The maximum Gasteiger partial charge on any atom is 0.0605 e. The second-order valence-corrected chi connectivity index (χ2v) is 4.40. The van der Waals surface area contributed by atoms with Crippen LogP contribution in [0.5, 0.6) is 0 Å². The fourth-order valence-corrected chi connectivity index (χ4v) is 1.89. The molecule has 0 spiro atoms. The van der Waals surface area contributed by atoms with Gasteiger partial charge < -0.3 is 9.64 Å². The summed E-state index contributed by atoms with van der Waals surface area (Å²) in [6, 6.07) is 0.788. The summed E-state index contributed by atoms with van der Waals surface area (Å²) in [5, 5.41) is 0. The van der Waals surface area contributed by atoms with Crippen molar-refractivity contribution in [2.24, 2.45) is 0 Å². The molecule has 1 aliphatic carbocycles. The Morgan fingerprint density at radius 3 is 2.25 bits per heavy atom. The highest BCUT2D eigenvalue weighted by Crippen LogP contribution is 2.27. The molecule has 0 unspecified atom stereocenters. The smallest absolute Gasteiger partial charge is 0.0605 e. The first-order valence-electron chi connectivity index (χ1n) is 7.09. The Balaban J connectivity index is 0.00000106. The van der Waals surface area contributed by atoms with Crippen molar-refractivity contribution in [1.82, 2.24) is 4.90 Å². The average Bonchev–Trinajstić information content (AvgIpc) is 2.28. The van der Waals surface area contributed by atoms with Crippen molar-refractivity contribution in [2.75, 3.05) is 20.2 Å². The first kappa shape index (κ1) is 15.9. The van der Waals surface area contributed by atoms with Gasteiger partial charge in [0.05, 0.1) is 6.10 Å². The van der Waals surface area contributed by atoms with Crippen LogP contribution in [0.2, 0.25) is 0 Å². The van der Waals surface area contributed by atoms with Gasteiger partial charge in [-0.3, -0.25) is 0 Å². The molecule has 2 nitrogen and oxygen atoms in total. The molecule has 0 aliphatic heterocycles. The molecule has 1 aliphatic rings. The molecular weight excluding hydrogens is 198 g/mol. The van der Waals surface area contributed by atoms with E-state index in [2.05, 4.69) is 25.8 Å². The van der Waals surface area contributed by atoms with Crippen molar-refractivity contribution in [3.8, 4) is 0 Å². The lowest BCUT2D eigenvalue weighted by molar-refractivity contribution is -0.0450. The third-order valence-corrected chi connectivity index (χ3v) is 3.29. The van der Waals surface area contributed by atoms with Crippen LogP contribution < -0.4 is 0 Å². The molecule has 0 aromatic rings. The first-order valence-corrected chi connectivity index (χ1v) is 7.09. The Hall–Kier alpha value is -0.0800. The molecule has 1 fully saturated rings. The molecular formula is C14H31NO. The second-order valence-electron chi connectivity index (χ2n) is 4.40. The number of unbranched alkanes of at least 4 members (excludes halogenated alkanes) is 2. The van der Waals surface area contributed by atoms with E-state index in [-0.39, 0.29) is 0 Å². The average molecular weight is 229 g/mol. The quantitative estimate of drug-likeness (QED) is 0.617. The number of nitrogens with zero attached hydrogens (tertiary/aromatic N) is 1. The van der Waals surface area contributed by atoms with Gasteiger partial charge in [-0.05, 0) is 32.9 Å². The maximum atomic E-state index is 5.78. The summed E-state index contributed by atoms with van der Waals surface area (Å²) in [5.74, 6) is 0. The number of ether oxygens (including phenoxy) is 1. The Morgan fingerprint density at radius 2 is 1.75 bits per heavy atom. The minimum Gasteiger partial charge on any atom is -0.378 e. The van der Waals surface area contributed by atoms with E-state index in [0.717, 1.165) is 19.2 Å². The standard InChI is InChI=1S/C12H25NO.C2H6/c1-4-6-7-8-14-12-9-11(10-12)13(3)5-2;1-2/h11-12H,4-10H2,1-3H3;1-2H3. The van der Waals surface area contributed by atoms with Crippen molar-refractivity contribution >= 4 is 0 Å². The molecule has 0 N–H and O–H groups in total. The van der Waals surface area contributed by atoms with Crippen molar-refractivity contribution < 1.29 is 4.74 Å². The maximum absolute atomic E-state index is 5.78. The minimum atomic E-state index is 0.561. The molecule has 16 heavy (non-hydrogen) atoms. The van der Waals surface area contributed by atoms with Crippen molar-refractivity contribution in [2.45, 2.75) is 71.9 Å². The SMILES string of the molecule is CC.CCCCCOC1CC(N(C)CC)C1. The molecule has 0 aromatic carbocycles. The Bertz CT molecular complexity index is 144. The first-order chi connectivity index (χ1) is 7.77. The van der Waals surface area contributed by atoms with E-state index in [0.29, 0.717) is 6.10 Å². The second kappa shape index (κ2) is 10.1. The molecule has 1 saturated carbocycles. The third-order valence-electron chi connectivity index (χ3n) is 3.29. The van der Waals surface area contributed by atoms with E-state index < -0.39 is 0 Å². The van der Waals surface area contributed by atoms with Crippen molar-refractivity contribution in [3.05, 3.63) is 0 Å². The van der Waals surface area contributed by atoms with Crippen LogP contribution >= 0.6 is 0 Å². The fraction of sp³-hybridized carbons (Fsp3) is 1.00. The molecule has 98 valence electrons. The highest BCUT2D eigenvalue weighted by Gasteiger charge is 2.31. The molecule has 0 saturated heterocycles. The zero-order chi connectivity index (χ0) is 12.4. The van der Waals surface area contributed by atoms with Gasteiger partial charge in [-0.2, -0.15) is 0 Å². The van der Waals surface area contributed by atoms with E-state index in [1.807, 2.05) is 13.8 Å². The molecule has 2 heteroatoms. The Kier molecular flexibility index (Phi) is 10.0. The molecule has 0 heterocycles. The van der Waals surface area contributed by atoms with E-state index in [1.54, 1.807) is 0 Å². The van der Waals surface area contributed by atoms with Crippen LogP contribution in [0.3, 0.4) is 0 Å². The van der Waals surface area contributed by atoms with Crippen LogP contribution in [-0.4, -0.2) is 37.2 Å². The summed E-state index contributed by atoms with van der Waals surface area (Å²) < 4.78 is 5.78. The summed E-state index contributed by atoms with van der Waals surface area (Å²) in [6.45, 7) is 10.6. The van der Waals surface area contributed by atoms with Crippen LogP contribution in [-0.2, 0) is 4.74 Å². The lowest BCUT2D eigenvalue weighted by Crippen LogP contribution is -2.46. The van der Waals surface area contributed by atoms with Crippen LogP contribution in [0.1, 0.15) is 59.8 Å². The zero-order valence-corrected chi connectivity index (χ0v) is 12.0. The predicted octanol–water partition coefficient (Wildman–Crippen LogP) is 3.70. The van der Waals surface area contributed by atoms with E-state index >= 15 is 0 Å². The minimum absolute atomic E-state index is 0.561. The predicted molar refractivity (Wildman–Crippen MR) is 71.9 cm³/mol. The monoisotopic (exact) mass is 229 g/mol. The normalized spacial score (nSPS) is 23.6. The molecule has 1 rings (SSSR count). The zero-order valence-electron chi connectivity index (χ0n) is 12.0. The molecule has 0 radical (unpaired) electrons. The van der Waals surface area contributed by atoms with Gasteiger partial charge in [0.2, 0.25) is 0 Å². The fourth-order valence-electron chi connectivity index (χ4n) is 1.89. The van der Waals surface area contributed by atoms with Gasteiger partial charge in [-0.25, -0.2) is 0 Å². The number of hydrogen-bond donors (Lipinski definition) is 0. The Labute approximate surface area is 102 Å². The van der Waals surface area contributed by atoms with Gasteiger partial charge >= 0.3 is 0 Å². The molecule has 0 amide bonds. The molecule has 0 aromatic heterocycles. The highest BCUT2D eigenvalue weighted by atomic mass is 16.5. The summed E-state index contributed by atoms with van der Waals surface area (Å²) in [7, 11) is 2.21. The third kappa shape index (κ3) is 5.86. The van der Waals surface area contributed by atoms with Crippen LogP contribution in [0.15, 0.2) is 0 Å². The topological polar surface area (TPSA) is 12.5 Å². The summed E-state index contributed by atoms with van der Waals surface area (Å²) >= 11 is 0. The molecule has 0 bridgehead atoms. The summed E-state index contributed by atoms with van der Waals surface area (Å²) in [4.78, 5) is 2.42. The van der Waals surface area contributed by atoms with Gasteiger partial charge in [0.1, 0.15) is 0 Å². The van der Waals surface area contributed by atoms with Gasteiger partial charge in [0, 0.05) is 12.6 Å². The summed E-state index contributed by atoms with van der Waals surface area (Å²) in [5.41, 5.74) is 0. The molecule has 0 atom stereocenters. The van der Waals surface area contributed by atoms with E-state index in [4.69, 9.17) is 4.74 Å². The van der Waals surface area contributed by atoms with E-state index in [9.17, 15) is 0 Å². The van der Waals surface area contributed by atoms with Gasteiger partial charge in [0.15, 0.2) is 0 Å². The van der Waals surface area contributed by atoms with Crippen LogP contribution in [0, 0.1) is 0 Å². The van der Waals surface area contributed by atoms with Gasteiger partial charge in [0.25, 0.3) is 0 Å². The van der Waals surface area contributed by atoms with Gasteiger partial charge in [-0.15, -0.1) is 0 Å². The van der Waals surface area contributed by atoms with Crippen LogP contribution in [0.25, 0.3) is 0 Å².